The summed E-state index contributed by atoms with van der Waals surface area (Å²) in [5, 5.41) is 4.15. The molecule has 21 heavy (non-hydrogen) atoms. The fourth-order valence-corrected chi connectivity index (χ4v) is 2.30. The van der Waals surface area contributed by atoms with Crippen LogP contribution in [-0.2, 0) is 0 Å². The number of rotatable bonds is 6. The van der Waals surface area contributed by atoms with E-state index in [1.807, 2.05) is 14.1 Å². The second kappa shape index (κ2) is 6.77. The topological polar surface area (TPSA) is 75.9 Å². The molecule has 1 atom stereocenters. The fraction of sp³-hybridized carbons (Fsp3) is 0.583. The molecule has 0 fully saturated rings. The molecule has 0 aliphatic carbocycles. The Morgan fingerprint density at radius 1 is 1.29 bits per heavy atom. The molecule has 0 N–H and O–H groups in total. The van der Waals surface area contributed by atoms with Gasteiger partial charge in [0.05, 0.1) is 0 Å². The number of nitrogens with zero attached hydrogens (tertiary/aromatic N) is 8. The van der Waals surface area contributed by atoms with E-state index in [-0.39, 0.29) is 11.3 Å². The van der Waals surface area contributed by atoms with Gasteiger partial charge in [0, 0.05) is 19.1 Å². The predicted octanol–water partition coefficient (Wildman–Crippen LogP) is 0.882. The summed E-state index contributed by atoms with van der Waals surface area (Å²) in [6.45, 7) is 5.83. The molecule has 0 aliphatic rings. The molecular weight excluding hydrogens is 292 g/mol. The number of halogens is 1. The van der Waals surface area contributed by atoms with Crippen LogP contribution in [0.4, 0.5) is 5.95 Å². The monoisotopic (exact) mass is 310 g/mol. The average Bonchev–Trinajstić information content (AvgIpc) is 2.91. The Hall–Kier alpha value is -1.80. The van der Waals surface area contributed by atoms with Crippen molar-refractivity contribution in [2.45, 2.75) is 19.9 Å². The first-order valence-electron chi connectivity index (χ1n) is 6.69. The molecule has 8 nitrogen and oxygen atoms in total. The molecular formula is C12H19ClN8. The number of anilines is 1. The molecule has 0 radical (unpaired) electrons. The molecule has 0 aromatic carbocycles. The van der Waals surface area contributed by atoms with Crippen LogP contribution < -0.4 is 4.90 Å². The molecule has 114 valence electrons. The van der Waals surface area contributed by atoms with Crippen molar-refractivity contribution in [1.29, 1.82) is 0 Å². The number of hydrogen-bond acceptors (Lipinski definition) is 7. The minimum atomic E-state index is 0.140. The molecule has 2 heterocycles. The third-order valence-electron chi connectivity index (χ3n) is 2.97. The molecule has 2 aromatic rings. The highest BCUT2D eigenvalue weighted by atomic mass is 35.5. The first kappa shape index (κ1) is 15.6. The quantitative estimate of drug-likeness (QED) is 0.784. The Morgan fingerprint density at radius 3 is 2.62 bits per heavy atom. The molecule has 2 aromatic heterocycles. The lowest BCUT2D eigenvalue weighted by atomic mass is 10.3. The smallest absolute Gasteiger partial charge is 0.258 e. The lowest BCUT2D eigenvalue weighted by Gasteiger charge is -2.30. The van der Waals surface area contributed by atoms with Gasteiger partial charge in [0.1, 0.15) is 12.7 Å². The van der Waals surface area contributed by atoms with E-state index in [1.165, 1.54) is 17.3 Å². The molecule has 0 bridgehead atoms. The molecule has 9 heteroatoms. The van der Waals surface area contributed by atoms with Crippen molar-refractivity contribution in [2.24, 2.45) is 0 Å². The van der Waals surface area contributed by atoms with Crippen LogP contribution in [0.1, 0.15) is 13.8 Å². The number of aromatic nitrogens is 6. The van der Waals surface area contributed by atoms with E-state index in [1.54, 1.807) is 0 Å². The number of likely N-dealkylation sites (N-methyl/N-ethyl adjacent to an activating group) is 2. The van der Waals surface area contributed by atoms with Crippen LogP contribution in [0.15, 0.2) is 12.7 Å². The van der Waals surface area contributed by atoms with Gasteiger partial charge >= 0.3 is 0 Å². The summed E-state index contributed by atoms with van der Waals surface area (Å²) in [5.41, 5.74) is 0. The van der Waals surface area contributed by atoms with E-state index in [4.69, 9.17) is 11.6 Å². The van der Waals surface area contributed by atoms with Crippen LogP contribution in [0.5, 0.6) is 0 Å². The normalized spacial score (nSPS) is 12.7. The van der Waals surface area contributed by atoms with E-state index < -0.39 is 0 Å². The fourth-order valence-electron chi connectivity index (χ4n) is 2.15. The summed E-state index contributed by atoms with van der Waals surface area (Å²) >= 11 is 6.02. The predicted molar refractivity (Wildman–Crippen MR) is 80.8 cm³/mol. The van der Waals surface area contributed by atoms with Crippen LogP contribution in [-0.4, -0.2) is 67.8 Å². The standard InChI is InChI=1S/C12H19ClN8/c1-5-20(9(2)6-19(3)4)11-16-10(13)17-12(18-11)21-8-14-7-15-21/h7-9H,5-6H2,1-4H3. The summed E-state index contributed by atoms with van der Waals surface area (Å²) in [6, 6.07) is 0.243. The van der Waals surface area contributed by atoms with Gasteiger partial charge in [-0.25, -0.2) is 4.98 Å². The van der Waals surface area contributed by atoms with Gasteiger partial charge in [-0.3, -0.25) is 0 Å². The lowest BCUT2D eigenvalue weighted by molar-refractivity contribution is 0.371. The van der Waals surface area contributed by atoms with Crippen molar-refractivity contribution in [3.05, 3.63) is 17.9 Å². The van der Waals surface area contributed by atoms with Crippen LogP contribution in [0.25, 0.3) is 5.95 Å². The van der Waals surface area contributed by atoms with Gasteiger partial charge in [-0.2, -0.15) is 24.7 Å². The Kier molecular flexibility index (Phi) is 5.03. The van der Waals surface area contributed by atoms with Crippen molar-refractivity contribution in [3.63, 3.8) is 0 Å². The van der Waals surface area contributed by atoms with Gasteiger partial charge in [-0.1, -0.05) is 0 Å². The van der Waals surface area contributed by atoms with Crippen LogP contribution in [0.3, 0.4) is 0 Å². The first-order valence-corrected chi connectivity index (χ1v) is 7.07. The van der Waals surface area contributed by atoms with E-state index in [2.05, 4.69) is 48.7 Å². The zero-order valence-corrected chi connectivity index (χ0v) is 13.4. The molecule has 0 spiro atoms. The van der Waals surface area contributed by atoms with Gasteiger partial charge < -0.3 is 9.80 Å². The zero-order valence-electron chi connectivity index (χ0n) is 12.6. The van der Waals surface area contributed by atoms with Crippen molar-refractivity contribution in [2.75, 3.05) is 32.1 Å². The Labute approximate surface area is 128 Å². The van der Waals surface area contributed by atoms with Crippen LogP contribution >= 0.6 is 11.6 Å². The van der Waals surface area contributed by atoms with Gasteiger partial charge in [-0.15, -0.1) is 0 Å². The molecule has 1 unspecified atom stereocenters. The second-order valence-corrected chi connectivity index (χ2v) is 5.28. The maximum Gasteiger partial charge on any atom is 0.258 e. The van der Waals surface area contributed by atoms with E-state index in [0.717, 1.165) is 13.1 Å². The molecule has 0 saturated carbocycles. The van der Waals surface area contributed by atoms with Gasteiger partial charge in [0.15, 0.2) is 0 Å². The van der Waals surface area contributed by atoms with Crippen LogP contribution in [0, 0.1) is 0 Å². The molecule has 2 rings (SSSR count). The SMILES string of the molecule is CCN(c1nc(Cl)nc(-n2cncn2)n1)C(C)CN(C)C. The minimum absolute atomic E-state index is 0.140. The van der Waals surface area contributed by atoms with Crippen molar-refractivity contribution in [1.82, 2.24) is 34.6 Å². The summed E-state index contributed by atoms with van der Waals surface area (Å²) in [5.74, 6) is 0.898. The van der Waals surface area contributed by atoms with Crippen LogP contribution in [0.2, 0.25) is 5.28 Å². The van der Waals surface area contributed by atoms with Gasteiger partial charge in [0.2, 0.25) is 11.2 Å². The van der Waals surface area contributed by atoms with Gasteiger partial charge in [-0.05, 0) is 39.5 Å². The van der Waals surface area contributed by atoms with Gasteiger partial charge in [0.25, 0.3) is 5.95 Å². The highest BCUT2D eigenvalue weighted by Crippen LogP contribution is 2.15. The summed E-state index contributed by atoms with van der Waals surface area (Å²) < 4.78 is 1.46. The highest BCUT2D eigenvalue weighted by Gasteiger charge is 2.18. The lowest BCUT2D eigenvalue weighted by Crippen LogP contribution is -2.41. The number of hydrogen-bond donors (Lipinski definition) is 0. The van der Waals surface area contributed by atoms with E-state index in [9.17, 15) is 0 Å². The molecule has 0 saturated heterocycles. The van der Waals surface area contributed by atoms with Crippen molar-refractivity contribution < 1.29 is 0 Å². The Morgan fingerprint density at radius 2 is 2.05 bits per heavy atom. The third kappa shape index (κ3) is 3.85. The summed E-state index contributed by atoms with van der Waals surface area (Å²) in [7, 11) is 4.07. The molecule has 0 aliphatic heterocycles. The average molecular weight is 311 g/mol. The zero-order chi connectivity index (χ0) is 15.4. The van der Waals surface area contributed by atoms with E-state index >= 15 is 0 Å². The summed E-state index contributed by atoms with van der Waals surface area (Å²) in [4.78, 5) is 20.8. The third-order valence-corrected chi connectivity index (χ3v) is 3.14. The van der Waals surface area contributed by atoms with Crippen molar-refractivity contribution in [3.8, 4) is 5.95 Å². The second-order valence-electron chi connectivity index (χ2n) is 4.94. The summed E-state index contributed by atoms with van der Waals surface area (Å²) in [6.07, 6.45) is 2.94. The molecule has 0 amide bonds. The first-order chi connectivity index (χ1) is 10.0. The highest BCUT2D eigenvalue weighted by molar-refractivity contribution is 6.28. The van der Waals surface area contributed by atoms with Crippen molar-refractivity contribution >= 4 is 17.5 Å². The maximum absolute atomic E-state index is 6.02. The maximum atomic E-state index is 6.02. The minimum Gasteiger partial charge on any atom is -0.337 e. The largest absolute Gasteiger partial charge is 0.337 e. The van der Waals surface area contributed by atoms with E-state index in [0.29, 0.717) is 11.9 Å². The Bertz CT molecular complexity index is 571. The Balaban J connectivity index is 2.33.